The Kier molecular flexibility index (Phi) is 5.26. The highest BCUT2D eigenvalue weighted by Crippen LogP contribution is 2.22. The first kappa shape index (κ1) is 14.4. The molecule has 1 aliphatic heterocycles. The molecular formula is C12H19N3O3S. The molecule has 0 radical (unpaired) electrons. The quantitative estimate of drug-likeness (QED) is 0.633. The molecule has 0 bridgehead atoms. The van der Waals surface area contributed by atoms with Gasteiger partial charge in [0.1, 0.15) is 0 Å². The van der Waals surface area contributed by atoms with Gasteiger partial charge in [0.15, 0.2) is 0 Å². The molecule has 1 fully saturated rings. The van der Waals surface area contributed by atoms with Gasteiger partial charge in [-0.05, 0) is 12.5 Å². The minimum Gasteiger partial charge on any atom is -0.379 e. The molecule has 1 saturated heterocycles. The van der Waals surface area contributed by atoms with Crippen LogP contribution in [0.25, 0.3) is 0 Å². The number of thiophene rings is 1. The zero-order valence-electron chi connectivity index (χ0n) is 11.0. The lowest BCUT2D eigenvalue weighted by Crippen LogP contribution is -2.44. The molecule has 1 aromatic rings. The second-order valence-electron chi connectivity index (χ2n) is 4.75. The second kappa shape index (κ2) is 6.95. The van der Waals surface area contributed by atoms with Gasteiger partial charge >= 0.3 is 5.00 Å². The fraction of sp³-hybridized carbons (Fsp3) is 0.667. The van der Waals surface area contributed by atoms with E-state index in [1.807, 2.05) is 5.38 Å². The molecule has 2 rings (SSSR count). The Balaban J connectivity index is 1.72. The molecule has 2 heterocycles. The molecule has 1 atom stereocenters. The number of hydrogen-bond donors (Lipinski definition) is 1. The molecule has 0 aliphatic carbocycles. The van der Waals surface area contributed by atoms with Crippen LogP contribution in [-0.4, -0.2) is 48.7 Å². The van der Waals surface area contributed by atoms with Crippen molar-refractivity contribution in [1.82, 2.24) is 10.2 Å². The van der Waals surface area contributed by atoms with Crippen LogP contribution in [0.1, 0.15) is 12.5 Å². The van der Waals surface area contributed by atoms with Crippen molar-refractivity contribution in [2.45, 2.75) is 19.5 Å². The molecule has 0 amide bonds. The summed E-state index contributed by atoms with van der Waals surface area (Å²) < 4.78 is 5.31. The van der Waals surface area contributed by atoms with Crippen molar-refractivity contribution in [3.05, 3.63) is 27.1 Å². The van der Waals surface area contributed by atoms with Gasteiger partial charge in [0.05, 0.1) is 18.1 Å². The van der Waals surface area contributed by atoms with Crippen molar-refractivity contribution < 1.29 is 9.66 Å². The summed E-state index contributed by atoms with van der Waals surface area (Å²) in [5.41, 5.74) is 0.977. The highest BCUT2D eigenvalue weighted by molar-refractivity contribution is 7.13. The van der Waals surface area contributed by atoms with Crippen LogP contribution in [0, 0.1) is 10.1 Å². The number of morpholine rings is 1. The molecule has 1 aromatic heterocycles. The van der Waals surface area contributed by atoms with Gasteiger partial charge in [-0.2, -0.15) is 0 Å². The van der Waals surface area contributed by atoms with Gasteiger partial charge in [0, 0.05) is 43.7 Å². The Hall–Kier alpha value is -1.02. The lowest BCUT2D eigenvalue weighted by molar-refractivity contribution is -0.380. The zero-order chi connectivity index (χ0) is 13.7. The van der Waals surface area contributed by atoms with Crippen LogP contribution in [0.15, 0.2) is 11.4 Å². The first-order chi connectivity index (χ1) is 9.15. The van der Waals surface area contributed by atoms with E-state index in [4.69, 9.17) is 4.74 Å². The van der Waals surface area contributed by atoms with E-state index in [0.29, 0.717) is 12.6 Å². The molecule has 19 heavy (non-hydrogen) atoms. The van der Waals surface area contributed by atoms with Crippen molar-refractivity contribution in [2.75, 3.05) is 32.8 Å². The van der Waals surface area contributed by atoms with Gasteiger partial charge in [-0.3, -0.25) is 15.0 Å². The largest absolute Gasteiger partial charge is 0.379 e. The van der Waals surface area contributed by atoms with Crippen LogP contribution in [0.5, 0.6) is 0 Å². The summed E-state index contributed by atoms with van der Waals surface area (Å²) in [4.78, 5) is 12.6. The van der Waals surface area contributed by atoms with Crippen molar-refractivity contribution in [3.8, 4) is 0 Å². The minimum absolute atomic E-state index is 0.206. The predicted molar refractivity (Wildman–Crippen MR) is 74.5 cm³/mol. The third-order valence-electron chi connectivity index (χ3n) is 3.11. The Bertz CT molecular complexity index is 418. The Morgan fingerprint density at radius 1 is 1.58 bits per heavy atom. The number of hydrogen-bond acceptors (Lipinski definition) is 6. The number of nitrogens with one attached hydrogen (secondary N) is 1. The highest BCUT2D eigenvalue weighted by atomic mass is 32.1. The summed E-state index contributed by atoms with van der Waals surface area (Å²) in [5, 5.41) is 16.0. The maximum absolute atomic E-state index is 10.6. The van der Waals surface area contributed by atoms with Crippen molar-refractivity contribution >= 4 is 16.3 Å². The number of ether oxygens (including phenoxy) is 1. The molecule has 1 N–H and O–H groups in total. The second-order valence-corrected chi connectivity index (χ2v) is 5.63. The van der Waals surface area contributed by atoms with Gasteiger partial charge in [-0.15, -0.1) is 0 Å². The summed E-state index contributed by atoms with van der Waals surface area (Å²) >= 11 is 1.18. The number of nitro groups is 1. The lowest BCUT2D eigenvalue weighted by Gasteiger charge is -2.29. The maximum atomic E-state index is 10.6. The van der Waals surface area contributed by atoms with E-state index < -0.39 is 0 Å². The number of rotatable bonds is 6. The molecule has 1 aliphatic rings. The number of nitrogens with zero attached hydrogens (tertiary/aromatic N) is 2. The van der Waals surface area contributed by atoms with Gasteiger partial charge in [-0.25, -0.2) is 0 Å². The summed E-state index contributed by atoms with van der Waals surface area (Å²) in [5.74, 6) is 0. The van der Waals surface area contributed by atoms with Crippen LogP contribution in [0.4, 0.5) is 5.00 Å². The van der Waals surface area contributed by atoms with E-state index >= 15 is 0 Å². The van der Waals surface area contributed by atoms with Gasteiger partial charge in [-0.1, -0.05) is 11.3 Å². The monoisotopic (exact) mass is 285 g/mol. The molecule has 0 aromatic carbocycles. The standard InChI is InChI=1S/C12H19N3O3S/c1-10(8-14-2-4-18-5-3-14)13-7-11-6-12(15(16)17)19-9-11/h6,9-10,13H,2-5,7-8H2,1H3. The first-order valence-electron chi connectivity index (χ1n) is 6.40. The average Bonchev–Trinajstić information content (AvgIpc) is 2.86. The van der Waals surface area contributed by atoms with Crippen molar-refractivity contribution in [3.63, 3.8) is 0 Å². The van der Waals surface area contributed by atoms with E-state index in [1.54, 1.807) is 6.07 Å². The topological polar surface area (TPSA) is 67.6 Å². The van der Waals surface area contributed by atoms with Gasteiger partial charge in [0.25, 0.3) is 0 Å². The minimum atomic E-state index is -0.342. The maximum Gasteiger partial charge on any atom is 0.324 e. The summed E-state index contributed by atoms with van der Waals surface area (Å²) in [6.45, 7) is 7.38. The molecule has 0 saturated carbocycles. The van der Waals surface area contributed by atoms with Crippen molar-refractivity contribution in [2.24, 2.45) is 0 Å². The van der Waals surface area contributed by atoms with E-state index in [9.17, 15) is 10.1 Å². The smallest absolute Gasteiger partial charge is 0.324 e. The predicted octanol–water partition coefficient (Wildman–Crippen LogP) is 1.47. The van der Waals surface area contributed by atoms with E-state index in [2.05, 4.69) is 17.1 Å². The fourth-order valence-corrected chi connectivity index (χ4v) is 2.81. The highest BCUT2D eigenvalue weighted by Gasteiger charge is 2.14. The molecular weight excluding hydrogens is 266 g/mol. The Morgan fingerprint density at radius 3 is 2.95 bits per heavy atom. The normalized spacial score (nSPS) is 18.4. The van der Waals surface area contributed by atoms with Gasteiger partial charge < -0.3 is 10.1 Å². The van der Waals surface area contributed by atoms with E-state index in [0.717, 1.165) is 38.4 Å². The fourth-order valence-electron chi connectivity index (χ4n) is 2.08. The van der Waals surface area contributed by atoms with Crippen molar-refractivity contribution in [1.29, 1.82) is 0 Å². The Labute approximate surface area is 116 Å². The zero-order valence-corrected chi connectivity index (χ0v) is 11.8. The Morgan fingerprint density at radius 2 is 2.32 bits per heavy atom. The van der Waals surface area contributed by atoms with Gasteiger partial charge in [0.2, 0.25) is 0 Å². The molecule has 7 heteroatoms. The molecule has 106 valence electrons. The van der Waals surface area contributed by atoms with E-state index in [1.165, 1.54) is 11.3 Å². The first-order valence-corrected chi connectivity index (χ1v) is 7.28. The lowest BCUT2D eigenvalue weighted by atomic mass is 10.2. The average molecular weight is 285 g/mol. The van der Waals surface area contributed by atoms with Crippen LogP contribution in [0.2, 0.25) is 0 Å². The summed E-state index contributed by atoms with van der Waals surface area (Å²) in [6, 6.07) is 2.00. The van der Waals surface area contributed by atoms with Crippen LogP contribution in [-0.2, 0) is 11.3 Å². The van der Waals surface area contributed by atoms with E-state index in [-0.39, 0.29) is 9.92 Å². The molecule has 0 spiro atoms. The molecule has 1 unspecified atom stereocenters. The van der Waals surface area contributed by atoms with Crippen LogP contribution >= 0.6 is 11.3 Å². The third kappa shape index (κ3) is 4.54. The SMILES string of the molecule is CC(CN1CCOCC1)NCc1csc([N+](=O)[O-])c1. The van der Waals surface area contributed by atoms with Crippen LogP contribution in [0.3, 0.4) is 0 Å². The summed E-state index contributed by atoms with van der Waals surface area (Å²) in [7, 11) is 0. The molecule has 6 nitrogen and oxygen atoms in total. The third-order valence-corrected chi connectivity index (χ3v) is 4.04. The van der Waals surface area contributed by atoms with Crippen LogP contribution < -0.4 is 5.32 Å². The summed E-state index contributed by atoms with van der Waals surface area (Å²) in [6.07, 6.45) is 0.